The smallest absolute Gasteiger partial charge is 0.0518 e. The van der Waals surface area contributed by atoms with Crippen LogP contribution in [0.3, 0.4) is 0 Å². The topological polar surface area (TPSA) is 12.0 Å². The van der Waals surface area contributed by atoms with Gasteiger partial charge in [0.15, 0.2) is 0 Å². The number of nitrogens with one attached hydrogen (secondary N) is 1. The second kappa shape index (κ2) is 5.03. The van der Waals surface area contributed by atoms with Gasteiger partial charge in [0.25, 0.3) is 0 Å². The Labute approximate surface area is 141 Å². The molecule has 21 heavy (non-hydrogen) atoms. The van der Waals surface area contributed by atoms with Crippen LogP contribution in [0.15, 0.2) is 30.3 Å². The van der Waals surface area contributed by atoms with Gasteiger partial charge in [0.2, 0.25) is 0 Å². The lowest BCUT2D eigenvalue weighted by Crippen LogP contribution is -2.61. The van der Waals surface area contributed by atoms with Gasteiger partial charge < -0.3 is 0 Å². The van der Waals surface area contributed by atoms with Gasteiger partial charge in [0, 0.05) is 10.8 Å². The van der Waals surface area contributed by atoms with Gasteiger partial charge in [0.05, 0.1) is 10.9 Å². The number of halogens is 3. The summed E-state index contributed by atoms with van der Waals surface area (Å²) in [7, 11) is 0. The molecular weight excluding hydrogens is 325 g/mol. The van der Waals surface area contributed by atoms with Crippen molar-refractivity contribution in [1.82, 2.24) is 4.84 Å². The maximum Gasteiger partial charge on any atom is 0.0518 e. The third-order valence-electron chi connectivity index (χ3n) is 5.90. The highest BCUT2D eigenvalue weighted by Crippen LogP contribution is 2.66. The number of hydrogen-bond acceptors (Lipinski definition) is 1. The summed E-state index contributed by atoms with van der Waals surface area (Å²) in [5.74, 6) is 1.65. The lowest BCUT2D eigenvalue weighted by Gasteiger charge is -2.63. The first-order chi connectivity index (χ1) is 10.0. The van der Waals surface area contributed by atoms with E-state index in [9.17, 15) is 0 Å². The molecule has 0 radical (unpaired) electrons. The van der Waals surface area contributed by atoms with Gasteiger partial charge in [-0.05, 0) is 61.3 Å². The van der Waals surface area contributed by atoms with Crippen LogP contribution in [0.2, 0.25) is 0 Å². The standard InChI is InChI=1S/C17H20Cl3N/c18-16-7-11-6-13(9-16)14(17(19,8-11)10-16)15(21-20)12-4-2-1-3-5-12/h1-5,11,13-15,21H,6-10H2/t11-,13?,14+,15-,16-,17-/m0/s1. The van der Waals surface area contributed by atoms with Crippen LogP contribution in [-0.4, -0.2) is 9.75 Å². The molecule has 1 N–H and O–H groups in total. The fraction of sp³-hybridized carbons (Fsp3) is 0.647. The summed E-state index contributed by atoms with van der Waals surface area (Å²) in [5, 5.41) is 0. The molecule has 1 unspecified atom stereocenters. The summed E-state index contributed by atoms with van der Waals surface area (Å²) in [4.78, 5) is 2.77. The minimum atomic E-state index is -0.200. The Morgan fingerprint density at radius 2 is 1.86 bits per heavy atom. The number of benzene rings is 1. The van der Waals surface area contributed by atoms with Crippen LogP contribution in [0.4, 0.5) is 0 Å². The summed E-state index contributed by atoms with van der Waals surface area (Å²) in [6, 6.07) is 10.6. The largest absolute Gasteiger partial charge is 0.226 e. The molecule has 114 valence electrons. The molecule has 4 heteroatoms. The third kappa shape index (κ3) is 2.32. The molecule has 1 aromatic carbocycles. The summed E-state index contributed by atoms with van der Waals surface area (Å²) in [5.41, 5.74) is 1.23. The predicted molar refractivity (Wildman–Crippen MR) is 88.9 cm³/mol. The minimum Gasteiger partial charge on any atom is -0.226 e. The number of rotatable bonds is 3. The van der Waals surface area contributed by atoms with E-state index in [1.54, 1.807) is 0 Å². The van der Waals surface area contributed by atoms with Gasteiger partial charge in [-0.3, -0.25) is 0 Å². The molecule has 4 aliphatic rings. The van der Waals surface area contributed by atoms with Crippen molar-refractivity contribution in [3.63, 3.8) is 0 Å². The molecule has 4 aliphatic carbocycles. The third-order valence-corrected chi connectivity index (χ3v) is 7.12. The molecule has 1 aromatic rings. The van der Waals surface area contributed by atoms with E-state index in [1.165, 1.54) is 12.0 Å². The number of hydrogen-bond donors (Lipinski definition) is 1. The first kappa shape index (κ1) is 14.6. The molecule has 4 bridgehead atoms. The Morgan fingerprint density at radius 3 is 2.48 bits per heavy atom. The van der Waals surface area contributed by atoms with Gasteiger partial charge in [-0.25, -0.2) is 4.84 Å². The quantitative estimate of drug-likeness (QED) is 0.582. The summed E-state index contributed by atoms with van der Waals surface area (Å²) in [6.07, 6.45) is 5.51. The van der Waals surface area contributed by atoms with E-state index in [0.717, 1.165) is 25.7 Å². The Bertz CT molecular complexity index is 536. The van der Waals surface area contributed by atoms with Crippen LogP contribution in [0.25, 0.3) is 0 Å². The van der Waals surface area contributed by atoms with E-state index < -0.39 is 0 Å². The fourth-order valence-corrected chi connectivity index (χ4v) is 7.33. The molecule has 0 saturated heterocycles. The zero-order chi connectivity index (χ0) is 14.7. The van der Waals surface area contributed by atoms with Crippen LogP contribution >= 0.6 is 35.0 Å². The van der Waals surface area contributed by atoms with Crippen molar-refractivity contribution in [3.8, 4) is 0 Å². The maximum absolute atomic E-state index is 7.13. The molecule has 0 spiro atoms. The van der Waals surface area contributed by atoms with E-state index >= 15 is 0 Å². The van der Waals surface area contributed by atoms with Crippen molar-refractivity contribution < 1.29 is 0 Å². The first-order valence-corrected chi connectivity index (χ1v) is 8.95. The van der Waals surface area contributed by atoms with Crippen LogP contribution in [0.5, 0.6) is 0 Å². The van der Waals surface area contributed by atoms with Gasteiger partial charge in [-0.15, -0.1) is 23.2 Å². The average Bonchev–Trinajstić information content (AvgIpc) is 2.41. The fourth-order valence-electron chi connectivity index (χ4n) is 5.56. The van der Waals surface area contributed by atoms with Gasteiger partial charge in [0.1, 0.15) is 0 Å². The maximum atomic E-state index is 7.13. The van der Waals surface area contributed by atoms with E-state index in [0.29, 0.717) is 17.8 Å². The molecule has 5 rings (SSSR count). The summed E-state index contributed by atoms with van der Waals surface area (Å²) in [6.45, 7) is 0. The second-order valence-electron chi connectivity index (χ2n) is 7.36. The zero-order valence-corrected chi connectivity index (χ0v) is 14.1. The van der Waals surface area contributed by atoms with Crippen molar-refractivity contribution in [1.29, 1.82) is 0 Å². The van der Waals surface area contributed by atoms with Crippen LogP contribution < -0.4 is 4.84 Å². The number of alkyl halides is 2. The lowest BCUT2D eigenvalue weighted by atomic mass is 9.49. The molecule has 1 nitrogen and oxygen atoms in total. The molecule has 0 amide bonds. The molecule has 0 aliphatic heterocycles. The van der Waals surface area contributed by atoms with Crippen molar-refractivity contribution in [3.05, 3.63) is 35.9 Å². The molecular formula is C17H20Cl3N. The molecule has 0 aromatic heterocycles. The normalized spacial score (nSPS) is 45.8. The highest BCUT2D eigenvalue weighted by atomic mass is 35.5. The van der Waals surface area contributed by atoms with Crippen molar-refractivity contribution in [2.45, 2.75) is 47.9 Å². The van der Waals surface area contributed by atoms with Gasteiger partial charge in [-0.2, -0.15) is 0 Å². The molecule has 6 atom stereocenters. The summed E-state index contributed by atoms with van der Waals surface area (Å²) < 4.78 is 0. The zero-order valence-electron chi connectivity index (χ0n) is 11.9. The molecule has 4 saturated carbocycles. The van der Waals surface area contributed by atoms with Crippen molar-refractivity contribution in [2.24, 2.45) is 17.8 Å². The molecule has 4 fully saturated rings. The Kier molecular flexibility index (Phi) is 3.50. The Hall–Kier alpha value is 0.0500. The Morgan fingerprint density at radius 1 is 1.10 bits per heavy atom. The van der Waals surface area contributed by atoms with E-state index in [-0.39, 0.29) is 15.8 Å². The van der Waals surface area contributed by atoms with E-state index in [1.807, 2.05) is 6.07 Å². The lowest BCUT2D eigenvalue weighted by molar-refractivity contribution is -0.0212. The van der Waals surface area contributed by atoms with E-state index in [2.05, 4.69) is 29.1 Å². The Balaban J connectivity index is 1.71. The van der Waals surface area contributed by atoms with E-state index in [4.69, 9.17) is 35.0 Å². The van der Waals surface area contributed by atoms with Crippen molar-refractivity contribution >= 4 is 35.0 Å². The SMILES string of the molecule is ClN[C@@H](c1ccccc1)[C@H]1C2C[C@H]3C[C@](Cl)(C2)C[C@@]1(Cl)C3. The highest BCUT2D eigenvalue weighted by molar-refractivity contribution is 6.28. The second-order valence-corrected chi connectivity index (χ2v) is 9.13. The van der Waals surface area contributed by atoms with Gasteiger partial charge >= 0.3 is 0 Å². The highest BCUT2D eigenvalue weighted by Gasteiger charge is 2.63. The summed E-state index contributed by atoms with van der Waals surface area (Å²) >= 11 is 20.1. The van der Waals surface area contributed by atoms with Crippen LogP contribution in [-0.2, 0) is 0 Å². The van der Waals surface area contributed by atoms with Gasteiger partial charge in [-0.1, -0.05) is 30.3 Å². The monoisotopic (exact) mass is 343 g/mol. The first-order valence-electron chi connectivity index (χ1n) is 7.82. The molecule has 0 heterocycles. The average molecular weight is 345 g/mol. The predicted octanol–water partition coefficient (Wildman–Crippen LogP) is 5.27. The minimum absolute atomic E-state index is 0.0579. The van der Waals surface area contributed by atoms with Crippen molar-refractivity contribution in [2.75, 3.05) is 0 Å². The van der Waals surface area contributed by atoms with Crippen LogP contribution in [0.1, 0.15) is 43.7 Å². The van der Waals surface area contributed by atoms with Crippen LogP contribution in [0, 0.1) is 17.8 Å².